The number of carbonyl (C=O) groups is 1. The van der Waals surface area contributed by atoms with Crippen LogP contribution in [0, 0.1) is 22.7 Å². The lowest BCUT2D eigenvalue weighted by Gasteiger charge is -2.31. The monoisotopic (exact) mass is 364 g/mol. The molecule has 0 saturated carbocycles. The number of hydrogen-bond acceptors (Lipinski definition) is 5. The van der Waals surface area contributed by atoms with E-state index in [2.05, 4.69) is 6.58 Å². The van der Waals surface area contributed by atoms with Crippen LogP contribution in [-0.4, -0.2) is 18.5 Å². The van der Waals surface area contributed by atoms with Crippen LogP contribution in [0.1, 0.15) is 18.4 Å². The minimum Gasteiger partial charge on any atom is -0.458 e. The third-order valence-corrected chi connectivity index (χ3v) is 4.12. The molecule has 0 bridgehead atoms. The molecule has 1 aromatic rings. The van der Waals surface area contributed by atoms with Gasteiger partial charge in [0.1, 0.15) is 18.3 Å². The lowest BCUT2D eigenvalue weighted by molar-refractivity contribution is -0.138. The zero-order valence-corrected chi connectivity index (χ0v) is 14.3. The Labute approximate surface area is 149 Å². The Balaban J connectivity index is 2.61. The van der Waals surface area contributed by atoms with Gasteiger partial charge in [0.05, 0.1) is 11.6 Å². The molecule has 0 aromatic heterocycles. The molecule has 2 unspecified atom stereocenters. The van der Waals surface area contributed by atoms with E-state index in [-0.39, 0.29) is 23.8 Å². The van der Waals surface area contributed by atoms with E-state index in [4.69, 9.17) is 38.1 Å². The third-order valence-electron chi connectivity index (χ3n) is 3.56. The highest BCUT2D eigenvalue weighted by atomic mass is 35.5. The van der Waals surface area contributed by atoms with E-state index < -0.39 is 17.8 Å². The van der Waals surface area contributed by atoms with Crippen molar-refractivity contribution in [1.82, 2.24) is 0 Å². The van der Waals surface area contributed by atoms with Crippen LogP contribution in [0.25, 0.3) is 0 Å². The maximum Gasteiger partial charge on any atom is 0.338 e. The van der Waals surface area contributed by atoms with E-state index in [1.165, 1.54) is 12.1 Å². The number of benzene rings is 1. The molecule has 1 aliphatic rings. The molecule has 0 saturated heterocycles. The van der Waals surface area contributed by atoms with E-state index in [1.807, 2.05) is 6.07 Å². The van der Waals surface area contributed by atoms with Crippen LogP contribution in [0.4, 0.5) is 0 Å². The molecule has 1 heterocycles. The Hall–Kier alpha value is -2.29. The predicted molar refractivity (Wildman–Crippen MR) is 91.0 cm³/mol. The first-order chi connectivity index (χ1) is 11.4. The number of ether oxygens (including phenoxy) is 2. The van der Waals surface area contributed by atoms with Crippen molar-refractivity contribution in [2.75, 3.05) is 6.61 Å². The number of hydrogen-bond donors (Lipinski definition) is 1. The zero-order chi connectivity index (χ0) is 17.9. The normalized spacial score (nSPS) is 20.2. The minimum atomic E-state index is -1.00. The first-order valence-corrected chi connectivity index (χ1v) is 7.76. The maximum atomic E-state index is 12.4. The van der Waals surface area contributed by atoms with Gasteiger partial charge in [0.15, 0.2) is 0 Å². The van der Waals surface area contributed by atoms with Gasteiger partial charge in [-0.05, 0) is 24.6 Å². The smallest absolute Gasteiger partial charge is 0.338 e. The van der Waals surface area contributed by atoms with Gasteiger partial charge in [0.25, 0.3) is 0 Å². The standard InChI is InChI=1S/C17H14Cl2N2O3/c1-3-6-23-17(22)14-9(2)24-16(21)12(8-20)15(14)11-5-4-10(18)7-13(11)19/h3-5,7,12,15,21H,1,6H2,2H3. The van der Waals surface area contributed by atoms with E-state index in [0.717, 1.165) is 0 Å². The van der Waals surface area contributed by atoms with E-state index >= 15 is 0 Å². The van der Waals surface area contributed by atoms with Gasteiger partial charge in [-0.3, -0.25) is 5.41 Å². The number of rotatable bonds is 4. The molecule has 7 heteroatoms. The summed E-state index contributed by atoms with van der Waals surface area (Å²) in [6.45, 7) is 5.06. The molecule has 0 spiro atoms. The molecule has 124 valence electrons. The summed E-state index contributed by atoms with van der Waals surface area (Å²) < 4.78 is 10.4. The molecule has 5 nitrogen and oxygen atoms in total. The quantitative estimate of drug-likeness (QED) is 0.639. The summed E-state index contributed by atoms with van der Waals surface area (Å²) in [5, 5.41) is 18.1. The van der Waals surface area contributed by atoms with Crippen molar-refractivity contribution in [1.29, 1.82) is 10.7 Å². The van der Waals surface area contributed by atoms with Gasteiger partial charge in [0, 0.05) is 16.0 Å². The molecule has 1 N–H and O–H groups in total. The first kappa shape index (κ1) is 18.1. The second-order valence-electron chi connectivity index (χ2n) is 5.07. The number of allylic oxidation sites excluding steroid dienone is 1. The topological polar surface area (TPSA) is 83.2 Å². The van der Waals surface area contributed by atoms with Gasteiger partial charge in [-0.15, -0.1) is 0 Å². The average Bonchev–Trinajstić information content (AvgIpc) is 2.52. The Morgan fingerprint density at radius 2 is 2.25 bits per heavy atom. The van der Waals surface area contributed by atoms with Gasteiger partial charge in [-0.1, -0.05) is 41.9 Å². The molecule has 0 amide bonds. The molecule has 2 atom stereocenters. The van der Waals surface area contributed by atoms with Crippen LogP contribution in [-0.2, 0) is 14.3 Å². The number of halogens is 2. The summed E-state index contributed by atoms with van der Waals surface area (Å²) in [7, 11) is 0. The van der Waals surface area contributed by atoms with Crippen LogP contribution in [0.15, 0.2) is 42.2 Å². The van der Waals surface area contributed by atoms with Crippen LogP contribution in [0.5, 0.6) is 0 Å². The summed E-state index contributed by atoms with van der Waals surface area (Å²) in [4.78, 5) is 12.4. The lowest BCUT2D eigenvalue weighted by Crippen LogP contribution is -2.33. The van der Waals surface area contributed by atoms with Gasteiger partial charge in [-0.2, -0.15) is 5.26 Å². The third kappa shape index (κ3) is 3.45. The van der Waals surface area contributed by atoms with E-state index in [0.29, 0.717) is 15.6 Å². The second-order valence-corrected chi connectivity index (χ2v) is 5.92. The minimum absolute atomic E-state index is 0.0192. The second kappa shape index (κ2) is 7.52. The Kier molecular flexibility index (Phi) is 5.66. The molecule has 2 rings (SSSR count). The van der Waals surface area contributed by atoms with Gasteiger partial charge < -0.3 is 9.47 Å². The molecule has 1 aliphatic heterocycles. The van der Waals surface area contributed by atoms with Crippen molar-refractivity contribution in [3.63, 3.8) is 0 Å². The Morgan fingerprint density at radius 1 is 1.54 bits per heavy atom. The molecule has 1 aromatic carbocycles. The molecule has 0 radical (unpaired) electrons. The van der Waals surface area contributed by atoms with Crippen molar-refractivity contribution in [2.45, 2.75) is 12.8 Å². The van der Waals surface area contributed by atoms with Gasteiger partial charge in [0.2, 0.25) is 5.90 Å². The van der Waals surface area contributed by atoms with Crippen molar-refractivity contribution in [2.24, 2.45) is 5.92 Å². The summed E-state index contributed by atoms with van der Waals surface area (Å²) in [5.74, 6) is -2.46. The van der Waals surface area contributed by atoms with Gasteiger partial charge >= 0.3 is 5.97 Å². The summed E-state index contributed by atoms with van der Waals surface area (Å²) in [5.41, 5.74) is 0.661. The predicted octanol–water partition coefficient (Wildman–Crippen LogP) is 4.23. The van der Waals surface area contributed by atoms with Crippen LogP contribution >= 0.6 is 23.2 Å². The lowest BCUT2D eigenvalue weighted by atomic mass is 9.78. The van der Waals surface area contributed by atoms with E-state index in [9.17, 15) is 10.1 Å². The number of nitrogens with one attached hydrogen (secondary N) is 1. The van der Waals surface area contributed by atoms with Crippen LogP contribution in [0.3, 0.4) is 0 Å². The highest BCUT2D eigenvalue weighted by Gasteiger charge is 2.42. The highest BCUT2D eigenvalue weighted by molar-refractivity contribution is 6.35. The number of nitrogens with zero attached hydrogens (tertiary/aromatic N) is 1. The van der Waals surface area contributed by atoms with Crippen molar-refractivity contribution >= 4 is 35.1 Å². The molecular formula is C17H14Cl2N2O3. The largest absolute Gasteiger partial charge is 0.458 e. The first-order valence-electron chi connectivity index (χ1n) is 7.00. The number of carbonyl (C=O) groups excluding carboxylic acids is 1. The molecule has 0 aliphatic carbocycles. The Bertz CT molecular complexity index is 781. The highest BCUT2D eigenvalue weighted by Crippen LogP contribution is 2.42. The number of esters is 1. The van der Waals surface area contributed by atoms with Crippen molar-refractivity contribution in [3.05, 3.63) is 57.8 Å². The summed E-state index contributed by atoms with van der Waals surface area (Å²) in [6.07, 6.45) is 1.44. The van der Waals surface area contributed by atoms with Crippen molar-refractivity contribution in [3.8, 4) is 6.07 Å². The Morgan fingerprint density at radius 3 is 2.83 bits per heavy atom. The number of nitriles is 1. The SMILES string of the molecule is C=CCOC(=O)C1=C(C)OC(=N)C(C#N)C1c1ccc(Cl)cc1Cl. The molecular weight excluding hydrogens is 351 g/mol. The summed E-state index contributed by atoms with van der Waals surface area (Å²) >= 11 is 12.2. The fourth-order valence-corrected chi connectivity index (χ4v) is 3.05. The molecule has 0 fully saturated rings. The fraction of sp³-hybridized carbons (Fsp3) is 0.235. The zero-order valence-electron chi connectivity index (χ0n) is 12.8. The molecule has 24 heavy (non-hydrogen) atoms. The summed E-state index contributed by atoms with van der Waals surface area (Å²) in [6, 6.07) is 6.76. The van der Waals surface area contributed by atoms with E-state index in [1.54, 1.807) is 19.1 Å². The van der Waals surface area contributed by atoms with Crippen LogP contribution in [0.2, 0.25) is 10.0 Å². The maximum absolute atomic E-state index is 12.4. The average molecular weight is 365 g/mol. The van der Waals surface area contributed by atoms with Crippen molar-refractivity contribution < 1.29 is 14.3 Å². The van der Waals surface area contributed by atoms with Gasteiger partial charge in [-0.25, -0.2) is 4.79 Å². The fourth-order valence-electron chi connectivity index (χ4n) is 2.53. The van der Waals surface area contributed by atoms with Crippen LogP contribution < -0.4 is 0 Å².